The van der Waals surface area contributed by atoms with Crippen molar-refractivity contribution < 1.29 is 4.79 Å². The van der Waals surface area contributed by atoms with Crippen LogP contribution in [-0.2, 0) is 4.79 Å². The highest BCUT2D eigenvalue weighted by atomic mass is 32.2. The van der Waals surface area contributed by atoms with Gasteiger partial charge in [-0.3, -0.25) is 10.2 Å². The molecule has 1 aromatic carbocycles. The summed E-state index contributed by atoms with van der Waals surface area (Å²) in [7, 11) is 0. The highest BCUT2D eigenvalue weighted by Gasteiger charge is 2.28. The van der Waals surface area contributed by atoms with Crippen LogP contribution in [0, 0.1) is 0 Å². The van der Waals surface area contributed by atoms with Crippen LogP contribution in [0.4, 0.5) is 5.69 Å². The molecule has 2 atom stereocenters. The molecule has 1 fully saturated rings. The summed E-state index contributed by atoms with van der Waals surface area (Å²) in [6.45, 7) is 2.16. The van der Waals surface area contributed by atoms with E-state index in [-0.39, 0.29) is 11.9 Å². The normalized spacial score (nSPS) is 22.4. The quantitative estimate of drug-likeness (QED) is 0.724. The van der Waals surface area contributed by atoms with Gasteiger partial charge in [0.05, 0.1) is 0 Å². The number of hydrazine groups is 1. The third-order valence-electron chi connectivity index (χ3n) is 3.29. The van der Waals surface area contributed by atoms with Gasteiger partial charge >= 0.3 is 0 Å². The molecule has 19 heavy (non-hydrogen) atoms. The Kier molecular flexibility index (Phi) is 5.24. The molecule has 1 aliphatic heterocycles. The van der Waals surface area contributed by atoms with E-state index in [2.05, 4.69) is 23.1 Å². The molecular formula is C14H21N3OS. The van der Waals surface area contributed by atoms with E-state index in [9.17, 15) is 4.79 Å². The molecule has 1 aromatic rings. The third-order valence-corrected chi connectivity index (χ3v) is 4.04. The lowest BCUT2D eigenvalue weighted by Crippen LogP contribution is -2.40. The van der Waals surface area contributed by atoms with Crippen molar-refractivity contribution in [2.24, 2.45) is 0 Å². The first-order valence-electron chi connectivity index (χ1n) is 6.69. The number of nitrogens with one attached hydrogen (secondary N) is 3. The number of benzene rings is 1. The summed E-state index contributed by atoms with van der Waals surface area (Å²) in [4.78, 5) is 13.3. The molecule has 1 saturated heterocycles. The summed E-state index contributed by atoms with van der Waals surface area (Å²) in [5, 5.41) is 2.95. The molecule has 0 spiro atoms. The summed E-state index contributed by atoms with van der Waals surface area (Å²) in [5.74, 6) is 0.0306. The fourth-order valence-electron chi connectivity index (χ4n) is 2.24. The molecule has 3 N–H and O–H groups in total. The van der Waals surface area contributed by atoms with Gasteiger partial charge in [-0.25, -0.2) is 5.43 Å². The maximum atomic E-state index is 12.1. The van der Waals surface area contributed by atoms with Crippen molar-refractivity contribution in [3.8, 4) is 0 Å². The highest BCUT2D eigenvalue weighted by Crippen LogP contribution is 2.18. The van der Waals surface area contributed by atoms with Crippen molar-refractivity contribution >= 4 is 23.4 Å². The van der Waals surface area contributed by atoms with Crippen LogP contribution in [0.2, 0.25) is 0 Å². The van der Waals surface area contributed by atoms with Gasteiger partial charge in [0.25, 0.3) is 0 Å². The molecule has 0 aliphatic carbocycles. The van der Waals surface area contributed by atoms with Crippen molar-refractivity contribution in [2.75, 3.05) is 11.6 Å². The minimum absolute atomic E-state index is 0.0306. The van der Waals surface area contributed by atoms with Gasteiger partial charge in [-0.15, -0.1) is 11.8 Å². The van der Waals surface area contributed by atoms with E-state index < -0.39 is 0 Å². The van der Waals surface area contributed by atoms with Gasteiger partial charge < -0.3 is 5.32 Å². The Hall–Kier alpha value is -1.04. The molecular weight excluding hydrogens is 258 g/mol. The summed E-state index contributed by atoms with van der Waals surface area (Å²) in [6.07, 6.45) is 5.11. The van der Waals surface area contributed by atoms with E-state index in [4.69, 9.17) is 0 Å². The van der Waals surface area contributed by atoms with Crippen molar-refractivity contribution in [3.05, 3.63) is 24.3 Å². The molecule has 2 rings (SSSR count). The number of amides is 1. The number of hydrogen-bond acceptors (Lipinski definition) is 4. The Morgan fingerprint density at radius 1 is 1.37 bits per heavy atom. The Morgan fingerprint density at radius 3 is 2.74 bits per heavy atom. The van der Waals surface area contributed by atoms with Gasteiger partial charge in [-0.05, 0) is 43.4 Å². The van der Waals surface area contributed by atoms with E-state index in [0.717, 1.165) is 24.9 Å². The first-order chi connectivity index (χ1) is 9.22. The number of hydrogen-bond donors (Lipinski definition) is 3. The summed E-state index contributed by atoms with van der Waals surface area (Å²) < 4.78 is 0. The monoisotopic (exact) mass is 279 g/mol. The van der Waals surface area contributed by atoms with Crippen LogP contribution in [0.5, 0.6) is 0 Å². The Balaban J connectivity index is 1.87. The number of anilines is 1. The SMILES string of the molecule is CCCC1CC(C(=O)Nc2ccc(SC)cc2)NN1. The van der Waals surface area contributed by atoms with Crippen molar-refractivity contribution in [3.63, 3.8) is 0 Å². The van der Waals surface area contributed by atoms with Gasteiger partial charge in [-0.2, -0.15) is 0 Å². The van der Waals surface area contributed by atoms with E-state index in [0.29, 0.717) is 6.04 Å². The van der Waals surface area contributed by atoms with Crippen molar-refractivity contribution in [1.29, 1.82) is 0 Å². The zero-order valence-corrected chi connectivity index (χ0v) is 12.2. The molecule has 0 bridgehead atoms. The van der Waals surface area contributed by atoms with Crippen LogP contribution in [0.1, 0.15) is 26.2 Å². The predicted molar refractivity (Wildman–Crippen MR) is 80.2 cm³/mol. The Labute approximate surface area is 118 Å². The molecule has 1 aliphatic rings. The van der Waals surface area contributed by atoms with Gasteiger partial charge in [0, 0.05) is 16.6 Å². The molecule has 104 valence electrons. The first-order valence-corrected chi connectivity index (χ1v) is 7.91. The second-order valence-corrected chi connectivity index (χ2v) is 5.66. The van der Waals surface area contributed by atoms with E-state index in [1.807, 2.05) is 30.5 Å². The van der Waals surface area contributed by atoms with Gasteiger partial charge in [0.1, 0.15) is 6.04 Å². The van der Waals surface area contributed by atoms with Crippen molar-refractivity contribution in [2.45, 2.75) is 43.2 Å². The molecule has 0 saturated carbocycles. The lowest BCUT2D eigenvalue weighted by molar-refractivity contribution is -0.117. The minimum atomic E-state index is -0.142. The summed E-state index contributed by atoms with van der Waals surface area (Å²) >= 11 is 1.69. The number of rotatable bonds is 5. The van der Waals surface area contributed by atoms with Crippen LogP contribution >= 0.6 is 11.8 Å². The minimum Gasteiger partial charge on any atom is -0.325 e. The maximum absolute atomic E-state index is 12.1. The molecule has 4 nitrogen and oxygen atoms in total. The zero-order chi connectivity index (χ0) is 13.7. The standard InChI is InChI=1S/C14H21N3OS/c1-3-4-11-9-13(17-16-11)14(18)15-10-5-7-12(19-2)8-6-10/h5-8,11,13,16-17H,3-4,9H2,1-2H3,(H,15,18). The van der Waals surface area contributed by atoms with E-state index in [1.54, 1.807) is 11.8 Å². The highest BCUT2D eigenvalue weighted by molar-refractivity contribution is 7.98. The van der Waals surface area contributed by atoms with Crippen LogP contribution in [-0.4, -0.2) is 24.2 Å². The Bertz CT molecular complexity index is 421. The predicted octanol–water partition coefficient (Wildman–Crippen LogP) is 2.38. The average Bonchev–Trinajstić information content (AvgIpc) is 2.89. The number of thioether (sulfide) groups is 1. The Morgan fingerprint density at radius 2 is 2.11 bits per heavy atom. The van der Waals surface area contributed by atoms with Crippen LogP contribution in [0.15, 0.2) is 29.2 Å². The molecule has 2 unspecified atom stereocenters. The molecule has 5 heteroatoms. The fraction of sp³-hybridized carbons (Fsp3) is 0.500. The van der Waals surface area contributed by atoms with Gasteiger partial charge in [0.15, 0.2) is 0 Å². The average molecular weight is 279 g/mol. The second kappa shape index (κ2) is 6.93. The number of carbonyl (C=O) groups is 1. The molecule has 1 heterocycles. The lowest BCUT2D eigenvalue weighted by atomic mass is 10.1. The van der Waals surface area contributed by atoms with Gasteiger partial charge in [-0.1, -0.05) is 13.3 Å². The van der Waals surface area contributed by atoms with Crippen LogP contribution in [0.3, 0.4) is 0 Å². The van der Waals surface area contributed by atoms with E-state index >= 15 is 0 Å². The van der Waals surface area contributed by atoms with Gasteiger partial charge in [0.2, 0.25) is 5.91 Å². The summed E-state index contributed by atoms with van der Waals surface area (Å²) in [5.41, 5.74) is 7.10. The fourth-order valence-corrected chi connectivity index (χ4v) is 2.64. The molecule has 1 amide bonds. The largest absolute Gasteiger partial charge is 0.325 e. The summed E-state index contributed by atoms with van der Waals surface area (Å²) in [6, 6.07) is 8.17. The van der Waals surface area contributed by atoms with E-state index in [1.165, 1.54) is 4.90 Å². The molecule has 0 radical (unpaired) electrons. The second-order valence-electron chi connectivity index (χ2n) is 4.78. The number of carbonyl (C=O) groups excluding carboxylic acids is 1. The first kappa shape index (κ1) is 14.4. The van der Waals surface area contributed by atoms with Crippen LogP contribution in [0.25, 0.3) is 0 Å². The van der Waals surface area contributed by atoms with Crippen LogP contribution < -0.4 is 16.2 Å². The maximum Gasteiger partial charge on any atom is 0.242 e. The van der Waals surface area contributed by atoms with Crippen molar-refractivity contribution in [1.82, 2.24) is 10.9 Å². The lowest BCUT2D eigenvalue weighted by Gasteiger charge is -2.10. The third kappa shape index (κ3) is 3.96. The topological polar surface area (TPSA) is 53.2 Å². The molecule has 0 aromatic heterocycles. The zero-order valence-electron chi connectivity index (χ0n) is 11.4. The smallest absolute Gasteiger partial charge is 0.242 e.